The molecule has 3 rings (SSSR count). The summed E-state index contributed by atoms with van der Waals surface area (Å²) in [5.74, 6) is -1.57. The Kier molecular flexibility index (Phi) is 6.90. The van der Waals surface area contributed by atoms with Crippen molar-refractivity contribution in [3.8, 4) is 0 Å². The van der Waals surface area contributed by atoms with Gasteiger partial charge in [-0.25, -0.2) is 4.39 Å². The van der Waals surface area contributed by atoms with Gasteiger partial charge in [-0.3, -0.25) is 4.79 Å². The van der Waals surface area contributed by atoms with Gasteiger partial charge in [0.15, 0.2) is 5.82 Å². The summed E-state index contributed by atoms with van der Waals surface area (Å²) < 4.78 is 44.0. The molecule has 2 N–H and O–H groups in total. The molecule has 1 heterocycles. The van der Waals surface area contributed by atoms with Crippen LogP contribution in [0, 0.1) is 18.7 Å². The number of sulfonamides is 1. The highest BCUT2D eigenvalue weighted by molar-refractivity contribution is 7.90. The van der Waals surface area contributed by atoms with Crippen molar-refractivity contribution in [2.24, 2.45) is 10.3 Å². The molecule has 30 heavy (non-hydrogen) atoms. The van der Waals surface area contributed by atoms with E-state index in [-0.39, 0.29) is 11.6 Å². The summed E-state index contributed by atoms with van der Waals surface area (Å²) in [4.78, 5) is 11.8. The molecule has 1 aliphatic heterocycles. The second-order valence-corrected chi connectivity index (χ2v) is 9.19. The fourth-order valence-electron chi connectivity index (χ4n) is 3.40. The molecule has 0 atom stereocenters. The first-order valence-corrected chi connectivity index (χ1v) is 11.4. The Labute approximate surface area is 180 Å². The molecule has 160 valence electrons. The maximum Gasteiger partial charge on any atom is 0.285 e. The summed E-state index contributed by atoms with van der Waals surface area (Å²) >= 11 is 6.05. The van der Waals surface area contributed by atoms with Crippen LogP contribution in [0.25, 0.3) is 0 Å². The molecule has 0 saturated carbocycles. The van der Waals surface area contributed by atoms with Gasteiger partial charge < -0.3 is 10.6 Å². The van der Waals surface area contributed by atoms with Crippen LogP contribution in [-0.4, -0.2) is 33.1 Å². The molecular weight excluding hydrogens is 429 g/mol. The number of hydrogen-bond acceptors (Lipinski definition) is 4. The van der Waals surface area contributed by atoms with Gasteiger partial charge in [-0.2, -0.15) is 12.8 Å². The molecule has 2 aromatic rings. The van der Waals surface area contributed by atoms with E-state index in [1.165, 1.54) is 6.07 Å². The number of carbonyl (C=O) groups excluding carboxylic acids is 1. The predicted molar refractivity (Wildman–Crippen MR) is 116 cm³/mol. The Balaban J connectivity index is 1.87. The first-order chi connectivity index (χ1) is 14.2. The van der Waals surface area contributed by atoms with Gasteiger partial charge in [0.05, 0.1) is 5.69 Å². The van der Waals surface area contributed by atoms with E-state index < -0.39 is 31.7 Å². The van der Waals surface area contributed by atoms with Crippen molar-refractivity contribution < 1.29 is 17.6 Å². The molecule has 0 bridgehead atoms. The molecule has 6 nitrogen and oxygen atoms in total. The van der Waals surface area contributed by atoms with Gasteiger partial charge in [0, 0.05) is 17.2 Å². The maximum absolute atomic E-state index is 14.8. The van der Waals surface area contributed by atoms with E-state index in [1.807, 2.05) is 0 Å². The van der Waals surface area contributed by atoms with Crippen LogP contribution in [0.5, 0.6) is 0 Å². The highest BCUT2D eigenvalue weighted by Crippen LogP contribution is 2.31. The number of rotatable bonds is 5. The van der Waals surface area contributed by atoms with Crippen LogP contribution in [-0.2, 0) is 10.0 Å². The van der Waals surface area contributed by atoms with Gasteiger partial charge in [0.25, 0.3) is 15.9 Å². The normalized spacial score (nSPS) is 15.8. The highest BCUT2D eigenvalue weighted by atomic mass is 35.5. The fourth-order valence-corrected chi connectivity index (χ4v) is 4.86. The van der Waals surface area contributed by atoms with Gasteiger partial charge in [-0.1, -0.05) is 29.8 Å². The first-order valence-electron chi connectivity index (χ1n) is 9.58. The average Bonchev–Trinajstić information content (AvgIpc) is 2.72. The zero-order chi connectivity index (χ0) is 21.9. The molecule has 1 aliphatic rings. The third-order valence-electron chi connectivity index (χ3n) is 5.16. The average molecular weight is 452 g/mol. The number of aryl methyl sites for hydroxylation is 1. The quantitative estimate of drug-likeness (QED) is 0.667. The Hall–Kier alpha value is -2.29. The standard InChI is InChI=1S/C21H23ClFN3O3S/c1-13-5-3-4-6-16(13)21(27)25-17-7-8-18(20(23)19(17)22)30(28,29)26-14(2)15-9-11-24-12-10-15/h3-8,15,24H,9-12H2,1-2H3,(H,25,27)/b26-14-. The molecule has 0 aromatic heterocycles. The number of carbonyl (C=O) groups is 1. The summed E-state index contributed by atoms with van der Waals surface area (Å²) in [5.41, 5.74) is 1.59. The van der Waals surface area contributed by atoms with Crippen LogP contribution < -0.4 is 10.6 Å². The summed E-state index contributed by atoms with van der Waals surface area (Å²) in [6.07, 6.45) is 1.55. The number of amides is 1. The second kappa shape index (κ2) is 9.24. The number of nitrogens with zero attached hydrogens (tertiary/aromatic N) is 1. The van der Waals surface area contributed by atoms with Crippen molar-refractivity contribution in [2.45, 2.75) is 31.6 Å². The minimum atomic E-state index is -4.27. The summed E-state index contributed by atoms with van der Waals surface area (Å²) in [6, 6.07) is 9.25. The highest BCUT2D eigenvalue weighted by Gasteiger charge is 2.25. The number of halogens is 2. The van der Waals surface area contributed by atoms with Crippen molar-refractivity contribution in [1.29, 1.82) is 0 Å². The lowest BCUT2D eigenvalue weighted by molar-refractivity contribution is 0.102. The Bertz CT molecular complexity index is 1100. The van der Waals surface area contributed by atoms with Crippen molar-refractivity contribution in [1.82, 2.24) is 5.32 Å². The van der Waals surface area contributed by atoms with Gasteiger partial charge >= 0.3 is 0 Å². The lowest BCUT2D eigenvalue weighted by Crippen LogP contribution is -2.31. The molecule has 0 spiro atoms. The van der Waals surface area contributed by atoms with Gasteiger partial charge in [0.2, 0.25) is 0 Å². The Morgan fingerprint density at radius 3 is 2.53 bits per heavy atom. The summed E-state index contributed by atoms with van der Waals surface area (Å²) in [6.45, 7) is 4.99. The van der Waals surface area contributed by atoms with Crippen molar-refractivity contribution in [3.63, 3.8) is 0 Å². The fraction of sp³-hybridized carbons (Fsp3) is 0.333. The molecule has 0 aliphatic carbocycles. The number of piperidine rings is 1. The maximum atomic E-state index is 14.8. The molecule has 9 heteroatoms. The minimum absolute atomic E-state index is 0.0135. The molecular formula is C21H23ClFN3O3S. The largest absolute Gasteiger partial charge is 0.321 e. The zero-order valence-electron chi connectivity index (χ0n) is 16.7. The van der Waals surface area contributed by atoms with E-state index in [1.54, 1.807) is 38.1 Å². The second-order valence-electron chi connectivity index (χ2n) is 7.24. The Morgan fingerprint density at radius 1 is 1.20 bits per heavy atom. The van der Waals surface area contributed by atoms with Crippen LogP contribution in [0.1, 0.15) is 35.7 Å². The van der Waals surface area contributed by atoms with Crippen LogP contribution in [0.2, 0.25) is 5.02 Å². The van der Waals surface area contributed by atoms with E-state index in [0.29, 0.717) is 11.3 Å². The van der Waals surface area contributed by atoms with E-state index in [4.69, 9.17) is 11.6 Å². The van der Waals surface area contributed by atoms with Crippen LogP contribution in [0.15, 0.2) is 45.7 Å². The van der Waals surface area contributed by atoms with E-state index in [2.05, 4.69) is 15.0 Å². The van der Waals surface area contributed by atoms with Crippen molar-refractivity contribution in [3.05, 3.63) is 58.4 Å². The Morgan fingerprint density at radius 2 is 1.87 bits per heavy atom. The van der Waals surface area contributed by atoms with Gasteiger partial charge in [0.1, 0.15) is 9.92 Å². The number of nitrogens with one attached hydrogen (secondary N) is 2. The van der Waals surface area contributed by atoms with Crippen molar-refractivity contribution in [2.75, 3.05) is 18.4 Å². The van der Waals surface area contributed by atoms with E-state index in [9.17, 15) is 17.6 Å². The van der Waals surface area contributed by atoms with E-state index in [0.717, 1.165) is 37.6 Å². The number of anilines is 1. The number of hydrogen-bond donors (Lipinski definition) is 2. The third-order valence-corrected chi connectivity index (χ3v) is 6.93. The molecule has 1 fully saturated rings. The van der Waals surface area contributed by atoms with Crippen LogP contribution in [0.4, 0.5) is 10.1 Å². The lowest BCUT2D eigenvalue weighted by atomic mass is 9.94. The summed E-state index contributed by atoms with van der Waals surface area (Å²) in [7, 11) is -4.27. The third kappa shape index (κ3) is 4.88. The monoisotopic (exact) mass is 451 g/mol. The lowest BCUT2D eigenvalue weighted by Gasteiger charge is -2.22. The molecule has 1 saturated heterocycles. The van der Waals surface area contributed by atoms with Crippen molar-refractivity contribution >= 4 is 38.9 Å². The van der Waals surface area contributed by atoms with Crippen LogP contribution >= 0.6 is 11.6 Å². The zero-order valence-corrected chi connectivity index (χ0v) is 18.3. The number of benzene rings is 2. The van der Waals surface area contributed by atoms with Gasteiger partial charge in [-0.05, 0) is 63.5 Å². The first kappa shape index (κ1) is 22.4. The topological polar surface area (TPSA) is 87.6 Å². The summed E-state index contributed by atoms with van der Waals surface area (Å²) in [5, 5.41) is 5.25. The molecule has 0 unspecified atom stereocenters. The molecule has 1 amide bonds. The minimum Gasteiger partial charge on any atom is -0.321 e. The molecule has 2 aromatic carbocycles. The van der Waals surface area contributed by atoms with E-state index >= 15 is 0 Å². The molecule has 0 radical (unpaired) electrons. The predicted octanol–water partition coefficient (Wildman–Crippen LogP) is 4.19. The van der Waals surface area contributed by atoms with Gasteiger partial charge in [-0.15, -0.1) is 0 Å². The SMILES string of the molecule is C/C(=N/S(=O)(=O)c1ccc(NC(=O)c2ccccc2C)c(Cl)c1F)C1CCNCC1. The smallest absolute Gasteiger partial charge is 0.285 e. The van der Waals surface area contributed by atoms with Crippen LogP contribution in [0.3, 0.4) is 0 Å².